The van der Waals surface area contributed by atoms with Crippen LogP contribution in [-0.2, 0) is 10.2 Å². The van der Waals surface area contributed by atoms with Crippen LogP contribution in [0.15, 0.2) is 24.3 Å². The van der Waals surface area contributed by atoms with Crippen molar-refractivity contribution in [2.24, 2.45) is 0 Å². The zero-order chi connectivity index (χ0) is 14.9. The number of carbonyl (C=O) groups is 1. The molecule has 3 N–H and O–H groups in total. The third-order valence-corrected chi connectivity index (χ3v) is 5.05. The summed E-state index contributed by atoms with van der Waals surface area (Å²) in [5.41, 5.74) is 7.30. The van der Waals surface area contributed by atoms with E-state index in [9.17, 15) is 4.79 Å². The Morgan fingerprint density at radius 1 is 1.38 bits per heavy atom. The number of benzene rings is 1. The molecule has 0 bridgehead atoms. The van der Waals surface area contributed by atoms with E-state index in [1.165, 1.54) is 19.4 Å². The molecule has 21 heavy (non-hydrogen) atoms. The molecule has 1 aromatic carbocycles. The zero-order valence-electron chi connectivity index (χ0n) is 12.8. The minimum absolute atomic E-state index is 0.190. The summed E-state index contributed by atoms with van der Waals surface area (Å²) >= 11 is 0. The number of nitrogen functional groups attached to an aromatic ring is 1. The molecule has 1 amide bonds. The summed E-state index contributed by atoms with van der Waals surface area (Å²) in [5, 5.41) is 3.19. The first-order chi connectivity index (χ1) is 10.2. The molecule has 3 rings (SSSR count). The number of likely N-dealkylation sites (tertiary alicyclic amines) is 1. The van der Waals surface area contributed by atoms with Gasteiger partial charge in [-0.05, 0) is 56.5 Å². The first-order valence-electron chi connectivity index (χ1n) is 8.04. The van der Waals surface area contributed by atoms with Crippen LogP contribution in [0.1, 0.15) is 38.2 Å². The molecule has 1 aliphatic heterocycles. The second-order valence-corrected chi connectivity index (χ2v) is 6.34. The number of carbonyl (C=O) groups excluding carboxylic acids is 1. The molecule has 0 aromatic heterocycles. The highest BCUT2D eigenvalue weighted by Crippen LogP contribution is 2.48. The maximum atomic E-state index is 12.6. The fourth-order valence-electron chi connectivity index (χ4n) is 3.50. The molecule has 1 aliphatic carbocycles. The van der Waals surface area contributed by atoms with Gasteiger partial charge in [0.05, 0.1) is 5.41 Å². The van der Waals surface area contributed by atoms with E-state index >= 15 is 0 Å². The third kappa shape index (κ3) is 2.77. The van der Waals surface area contributed by atoms with Crippen molar-refractivity contribution in [3.63, 3.8) is 0 Å². The van der Waals surface area contributed by atoms with E-state index in [4.69, 9.17) is 5.73 Å². The van der Waals surface area contributed by atoms with Gasteiger partial charge in [0.15, 0.2) is 0 Å². The van der Waals surface area contributed by atoms with E-state index in [2.05, 4.69) is 17.1 Å². The molecule has 4 heteroatoms. The van der Waals surface area contributed by atoms with Crippen molar-refractivity contribution in [3.8, 4) is 0 Å². The van der Waals surface area contributed by atoms with Crippen LogP contribution in [0, 0.1) is 0 Å². The van der Waals surface area contributed by atoms with E-state index in [1.807, 2.05) is 24.3 Å². The summed E-state index contributed by atoms with van der Waals surface area (Å²) in [6, 6.07) is 8.28. The van der Waals surface area contributed by atoms with Crippen molar-refractivity contribution in [3.05, 3.63) is 29.8 Å². The fraction of sp³-hybridized carbons (Fsp3) is 0.588. The van der Waals surface area contributed by atoms with Crippen LogP contribution in [-0.4, -0.2) is 36.5 Å². The number of nitrogens with two attached hydrogens (primary N) is 1. The van der Waals surface area contributed by atoms with Crippen LogP contribution in [0.25, 0.3) is 0 Å². The summed E-state index contributed by atoms with van der Waals surface area (Å²) in [4.78, 5) is 15.1. The van der Waals surface area contributed by atoms with Crippen molar-refractivity contribution in [2.45, 2.75) is 44.1 Å². The summed E-state index contributed by atoms with van der Waals surface area (Å²) < 4.78 is 0. The molecule has 0 spiro atoms. The summed E-state index contributed by atoms with van der Waals surface area (Å²) in [6.45, 7) is 5.21. The topological polar surface area (TPSA) is 58.4 Å². The zero-order valence-corrected chi connectivity index (χ0v) is 12.8. The lowest BCUT2D eigenvalue weighted by atomic mass is 9.94. The van der Waals surface area contributed by atoms with Gasteiger partial charge in [0.2, 0.25) is 5.91 Å². The Morgan fingerprint density at radius 3 is 2.71 bits per heavy atom. The molecule has 0 radical (unpaired) electrons. The number of hydrogen-bond donors (Lipinski definition) is 2. The van der Waals surface area contributed by atoms with Gasteiger partial charge in [-0.1, -0.05) is 19.1 Å². The van der Waals surface area contributed by atoms with Crippen LogP contribution in [0.3, 0.4) is 0 Å². The Bertz CT molecular complexity index is 507. The molecule has 114 valence electrons. The minimum Gasteiger partial charge on any atom is -0.399 e. The van der Waals surface area contributed by atoms with Gasteiger partial charge in [-0.15, -0.1) is 0 Å². The number of hydrogen-bond acceptors (Lipinski definition) is 3. The molecule has 1 aromatic rings. The summed E-state index contributed by atoms with van der Waals surface area (Å²) in [5.74, 6) is 0.190. The normalized spacial score (nSPS) is 24.0. The standard InChI is InChI=1S/C17H25N3O/c1-2-20-11-3-4-15(20)12-19-16(21)17(9-10-17)13-5-7-14(18)8-6-13/h5-8,15H,2-4,9-12,18H2,1H3,(H,19,21). The largest absolute Gasteiger partial charge is 0.399 e. The molecular formula is C17H25N3O. The second-order valence-electron chi connectivity index (χ2n) is 6.34. The highest BCUT2D eigenvalue weighted by Gasteiger charge is 2.51. The van der Waals surface area contributed by atoms with Gasteiger partial charge in [-0.25, -0.2) is 0 Å². The molecule has 4 nitrogen and oxygen atoms in total. The van der Waals surface area contributed by atoms with Gasteiger partial charge >= 0.3 is 0 Å². The maximum Gasteiger partial charge on any atom is 0.230 e. The Hall–Kier alpha value is -1.55. The number of amides is 1. The van der Waals surface area contributed by atoms with E-state index in [0.717, 1.165) is 37.2 Å². The van der Waals surface area contributed by atoms with E-state index in [0.29, 0.717) is 6.04 Å². The lowest BCUT2D eigenvalue weighted by Crippen LogP contribution is -2.43. The first-order valence-corrected chi connectivity index (χ1v) is 8.04. The maximum absolute atomic E-state index is 12.6. The molecule has 1 saturated carbocycles. The monoisotopic (exact) mass is 287 g/mol. The van der Waals surface area contributed by atoms with Crippen molar-refractivity contribution in [1.29, 1.82) is 0 Å². The molecule has 1 atom stereocenters. The molecular weight excluding hydrogens is 262 g/mol. The number of nitrogens with zero attached hydrogens (tertiary/aromatic N) is 1. The van der Waals surface area contributed by atoms with Crippen LogP contribution < -0.4 is 11.1 Å². The lowest BCUT2D eigenvalue weighted by molar-refractivity contribution is -0.123. The fourth-order valence-corrected chi connectivity index (χ4v) is 3.50. The molecule has 1 saturated heterocycles. The average molecular weight is 287 g/mol. The molecule has 2 fully saturated rings. The quantitative estimate of drug-likeness (QED) is 0.813. The molecule has 1 heterocycles. The summed E-state index contributed by atoms with van der Waals surface area (Å²) in [6.07, 6.45) is 4.34. The van der Waals surface area contributed by atoms with Gasteiger partial charge in [-0.2, -0.15) is 0 Å². The Balaban J connectivity index is 1.61. The molecule has 1 unspecified atom stereocenters. The van der Waals surface area contributed by atoms with Crippen LogP contribution in [0.4, 0.5) is 5.69 Å². The van der Waals surface area contributed by atoms with Gasteiger partial charge in [0.1, 0.15) is 0 Å². The van der Waals surface area contributed by atoms with E-state index in [-0.39, 0.29) is 11.3 Å². The Kier molecular flexibility index (Phi) is 3.89. The highest BCUT2D eigenvalue weighted by molar-refractivity contribution is 5.91. The number of anilines is 1. The second kappa shape index (κ2) is 5.68. The van der Waals surface area contributed by atoms with Gasteiger partial charge < -0.3 is 11.1 Å². The van der Waals surface area contributed by atoms with Crippen molar-refractivity contribution in [2.75, 3.05) is 25.4 Å². The van der Waals surface area contributed by atoms with Crippen LogP contribution >= 0.6 is 0 Å². The van der Waals surface area contributed by atoms with E-state index in [1.54, 1.807) is 0 Å². The average Bonchev–Trinajstić information content (AvgIpc) is 3.18. The SMILES string of the molecule is CCN1CCCC1CNC(=O)C1(c2ccc(N)cc2)CC1. The Morgan fingerprint density at radius 2 is 2.10 bits per heavy atom. The van der Waals surface area contributed by atoms with Crippen LogP contribution in [0.2, 0.25) is 0 Å². The van der Waals surface area contributed by atoms with Crippen molar-refractivity contribution >= 4 is 11.6 Å². The lowest BCUT2D eigenvalue weighted by Gasteiger charge is -2.24. The predicted octanol–water partition coefficient (Wildman–Crippen LogP) is 1.90. The third-order valence-electron chi connectivity index (χ3n) is 5.05. The van der Waals surface area contributed by atoms with Crippen LogP contribution in [0.5, 0.6) is 0 Å². The van der Waals surface area contributed by atoms with Gasteiger partial charge in [0, 0.05) is 18.3 Å². The summed E-state index contributed by atoms with van der Waals surface area (Å²) in [7, 11) is 0. The van der Waals surface area contributed by atoms with Crippen molar-refractivity contribution < 1.29 is 4.79 Å². The number of nitrogens with one attached hydrogen (secondary N) is 1. The first kappa shape index (κ1) is 14.4. The smallest absolute Gasteiger partial charge is 0.230 e. The number of rotatable bonds is 5. The molecule has 2 aliphatic rings. The minimum atomic E-state index is -0.288. The highest BCUT2D eigenvalue weighted by atomic mass is 16.2. The number of likely N-dealkylation sites (N-methyl/N-ethyl adjacent to an activating group) is 1. The predicted molar refractivity (Wildman–Crippen MR) is 85.0 cm³/mol. The Labute approximate surface area is 126 Å². The van der Waals surface area contributed by atoms with Gasteiger partial charge in [0.25, 0.3) is 0 Å². The van der Waals surface area contributed by atoms with Gasteiger partial charge in [-0.3, -0.25) is 9.69 Å². The van der Waals surface area contributed by atoms with E-state index < -0.39 is 0 Å². The van der Waals surface area contributed by atoms with Crippen molar-refractivity contribution in [1.82, 2.24) is 10.2 Å².